The van der Waals surface area contributed by atoms with Gasteiger partial charge in [0.15, 0.2) is 5.78 Å². The van der Waals surface area contributed by atoms with Gasteiger partial charge >= 0.3 is 0 Å². The Morgan fingerprint density at radius 1 is 1.61 bits per heavy atom. The molecule has 2 heterocycles. The van der Waals surface area contributed by atoms with E-state index >= 15 is 0 Å². The summed E-state index contributed by atoms with van der Waals surface area (Å²) in [6.07, 6.45) is 7.90. The highest BCUT2D eigenvalue weighted by Gasteiger charge is 2.17. The summed E-state index contributed by atoms with van der Waals surface area (Å²) in [6.45, 7) is 2.92. The summed E-state index contributed by atoms with van der Waals surface area (Å²) in [4.78, 5) is 12.1. The van der Waals surface area contributed by atoms with Crippen molar-refractivity contribution in [2.75, 3.05) is 6.61 Å². The van der Waals surface area contributed by atoms with Gasteiger partial charge in [0.05, 0.1) is 17.4 Å². The maximum Gasteiger partial charge on any atom is 0.166 e. The van der Waals surface area contributed by atoms with E-state index in [-0.39, 0.29) is 5.78 Å². The molecule has 1 atom stereocenters. The number of nitrogens with zero attached hydrogens (tertiary/aromatic N) is 2. The van der Waals surface area contributed by atoms with Crippen molar-refractivity contribution in [2.45, 2.75) is 51.6 Å². The summed E-state index contributed by atoms with van der Waals surface area (Å²) in [5.41, 5.74) is 1.71. The van der Waals surface area contributed by atoms with Crippen LogP contribution >= 0.6 is 0 Å². The zero-order chi connectivity index (χ0) is 13.0. The molecule has 0 aliphatic carbocycles. The third kappa shape index (κ3) is 3.19. The molecule has 18 heavy (non-hydrogen) atoms. The number of carbonyl (C=O) groups is 1. The van der Waals surface area contributed by atoms with Gasteiger partial charge in [0.2, 0.25) is 0 Å². The molecule has 4 nitrogen and oxygen atoms in total. The summed E-state index contributed by atoms with van der Waals surface area (Å²) < 4.78 is 7.29. The Morgan fingerprint density at radius 2 is 2.44 bits per heavy atom. The van der Waals surface area contributed by atoms with E-state index < -0.39 is 0 Å². The predicted molar refractivity (Wildman–Crippen MR) is 69.7 cm³/mol. The average Bonchev–Trinajstić information content (AvgIpc) is 2.98. The van der Waals surface area contributed by atoms with Crippen molar-refractivity contribution in [1.82, 2.24) is 9.78 Å². The Labute approximate surface area is 108 Å². The Balaban J connectivity index is 1.83. The molecule has 1 aliphatic rings. The van der Waals surface area contributed by atoms with Gasteiger partial charge in [-0.2, -0.15) is 5.10 Å². The van der Waals surface area contributed by atoms with E-state index in [0.29, 0.717) is 12.5 Å². The van der Waals surface area contributed by atoms with E-state index in [0.717, 1.165) is 43.5 Å². The van der Waals surface area contributed by atoms with Crippen LogP contribution in [0.15, 0.2) is 6.20 Å². The van der Waals surface area contributed by atoms with E-state index in [1.165, 1.54) is 6.42 Å². The second kappa shape index (κ2) is 6.14. The molecule has 0 bridgehead atoms. The fourth-order valence-corrected chi connectivity index (χ4v) is 2.53. The molecule has 2 rings (SSSR count). The molecule has 0 spiro atoms. The topological polar surface area (TPSA) is 44.1 Å². The molecule has 0 N–H and O–H groups in total. The third-order valence-corrected chi connectivity index (χ3v) is 3.49. The monoisotopic (exact) mass is 250 g/mol. The lowest BCUT2D eigenvalue weighted by Gasteiger charge is -2.07. The molecule has 4 heteroatoms. The van der Waals surface area contributed by atoms with Gasteiger partial charge in [0.25, 0.3) is 0 Å². The number of Topliss-reactive ketones (excluding diaryl/α,β-unsaturated/α-hetero) is 1. The van der Waals surface area contributed by atoms with Crippen LogP contribution in [0.5, 0.6) is 0 Å². The van der Waals surface area contributed by atoms with Gasteiger partial charge in [-0.3, -0.25) is 9.48 Å². The van der Waals surface area contributed by atoms with Gasteiger partial charge in [-0.05, 0) is 32.1 Å². The summed E-state index contributed by atoms with van der Waals surface area (Å²) in [7, 11) is 1.86. The van der Waals surface area contributed by atoms with Crippen LogP contribution in [0.1, 0.15) is 55.1 Å². The van der Waals surface area contributed by atoms with Crippen molar-refractivity contribution >= 4 is 5.78 Å². The van der Waals surface area contributed by atoms with Gasteiger partial charge in [-0.25, -0.2) is 0 Å². The average molecular weight is 250 g/mol. The Kier molecular flexibility index (Phi) is 4.53. The molecule has 100 valence electrons. The zero-order valence-corrected chi connectivity index (χ0v) is 11.3. The van der Waals surface area contributed by atoms with Crippen LogP contribution in [0.3, 0.4) is 0 Å². The molecule has 1 saturated heterocycles. The minimum atomic E-state index is 0.220. The van der Waals surface area contributed by atoms with Gasteiger partial charge in [0, 0.05) is 26.3 Å². The lowest BCUT2D eigenvalue weighted by molar-refractivity contribution is 0.0922. The summed E-state index contributed by atoms with van der Waals surface area (Å²) in [6, 6.07) is 0. The first-order valence-corrected chi connectivity index (χ1v) is 6.88. The number of ether oxygens (including phenoxy) is 1. The molecule has 1 aliphatic heterocycles. The summed E-state index contributed by atoms with van der Waals surface area (Å²) in [5, 5.41) is 4.31. The van der Waals surface area contributed by atoms with Crippen LogP contribution in [-0.2, 0) is 18.2 Å². The van der Waals surface area contributed by atoms with Gasteiger partial charge in [0.1, 0.15) is 0 Å². The van der Waals surface area contributed by atoms with Crippen molar-refractivity contribution in [1.29, 1.82) is 0 Å². The van der Waals surface area contributed by atoms with E-state index in [2.05, 4.69) is 5.10 Å². The predicted octanol–water partition coefficient (Wildman–Crippen LogP) is 2.51. The van der Waals surface area contributed by atoms with Crippen LogP contribution in [0, 0.1) is 0 Å². The third-order valence-electron chi connectivity index (χ3n) is 3.49. The first-order chi connectivity index (χ1) is 8.70. The highest BCUT2D eigenvalue weighted by Crippen LogP contribution is 2.19. The standard InChI is InChI=1S/C14H22N2O2/c1-3-13-12(10-16(2)15-13)14(17)8-4-6-11-7-5-9-18-11/h10-11H,3-9H2,1-2H3. The molecule has 1 aromatic heterocycles. The number of aryl methyl sites for hydroxylation is 2. The molecule has 1 aromatic rings. The number of ketones is 1. The van der Waals surface area contributed by atoms with Gasteiger partial charge in [-0.15, -0.1) is 0 Å². The highest BCUT2D eigenvalue weighted by molar-refractivity contribution is 5.96. The second-order valence-electron chi connectivity index (χ2n) is 4.97. The molecule has 0 amide bonds. The minimum Gasteiger partial charge on any atom is -0.378 e. The lowest BCUT2D eigenvalue weighted by atomic mass is 10.0. The SMILES string of the molecule is CCc1nn(C)cc1C(=O)CCCC1CCCO1. The van der Waals surface area contributed by atoms with E-state index in [4.69, 9.17) is 4.74 Å². The second-order valence-corrected chi connectivity index (χ2v) is 4.97. The van der Waals surface area contributed by atoms with Crippen LogP contribution in [0.2, 0.25) is 0 Å². The molecular weight excluding hydrogens is 228 g/mol. The summed E-state index contributed by atoms with van der Waals surface area (Å²) in [5.74, 6) is 0.220. The van der Waals surface area contributed by atoms with Gasteiger partial charge in [-0.1, -0.05) is 6.92 Å². The molecule has 0 radical (unpaired) electrons. The van der Waals surface area contributed by atoms with Crippen molar-refractivity contribution in [2.24, 2.45) is 7.05 Å². The quantitative estimate of drug-likeness (QED) is 0.729. The van der Waals surface area contributed by atoms with Crippen LogP contribution in [0.25, 0.3) is 0 Å². The zero-order valence-electron chi connectivity index (χ0n) is 11.3. The fraction of sp³-hybridized carbons (Fsp3) is 0.714. The lowest BCUT2D eigenvalue weighted by Crippen LogP contribution is -2.07. The first kappa shape index (κ1) is 13.3. The number of carbonyl (C=O) groups excluding carboxylic acids is 1. The van der Waals surface area contributed by atoms with E-state index in [1.807, 2.05) is 20.2 Å². The normalized spacial score (nSPS) is 19.3. The largest absolute Gasteiger partial charge is 0.378 e. The number of rotatable bonds is 6. The Hall–Kier alpha value is -1.16. The molecular formula is C14H22N2O2. The smallest absolute Gasteiger partial charge is 0.166 e. The Morgan fingerprint density at radius 3 is 3.11 bits per heavy atom. The van der Waals surface area contributed by atoms with Crippen LogP contribution in [-0.4, -0.2) is 28.3 Å². The fourth-order valence-electron chi connectivity index (χ4n) is 2.53. The maximum absolute atomic E-state index is 12.1. The molecule has 1 fully saturated rings. The number of hydrogen-bond acceptors (Lipinski definition) is 3. The Bertz CT molecular complexity index is 406. The molecule has 1 unspecified atom stereocenters. The maximum atomic E-state index is 12.1. The van der Waals surface area contributed by atoms with Gasteiger partial charge < -0.3 is 4.74 Å². The highest BCUT2D eigenvalue weighted by atomic mass is 16.5. The first-order valence-electron chi connectivity index (χ1n) is 6.88. The van der Waals surface area contributed by atoms with E-state index in [9.17, 15) is 4.79 Å². The summed E-state index contributed by atoms with van der Waals surface area (Å²) >= 11 is 0. The minimum absolute atomic E-state index is 0.220. The number of aromatic nitrogens is 2. The van der Waals surface area contributed by atoms with Crippen molar-refractivity contribution < 1.29 is 9.53 Å². The van der Waals surface area contributed by atoms with Crippen molar-refractivity contribution in [3.63, 3.8) is 0 Å². The van der Waals surface area contributed by atoms with E-state index in [1.54, 1.807) is 4.68 Å². The van der Waals surface area contributed by atoms with Crippen LogP contribution < -0.4 is 0 Å². The molecule has 0 saturated carbocycles. The van der Waals surface area contributed by atoms with Crippen molar-refractivity contribution in [3.05, 3.63) is 17.5 Å². The van der Waals surface area contributed by atoms with Crippen molar-refractivity contribution in [3.8, 4) is 0 Å². The van der Waals surface area contributed by atoms with Crippen LogP contribution in [0.4, 0.5) is 0 Å². The molecule has 0 aromatic carbocycles. The number of hydrogen-bond donors (Lipinski definition) is 0.